The van der Waals surface area contributed by atoms with Crippen LogP contribution in [0.2, 0.25) is 0 Å². The SMILES string of the molecule is CONC1=CC(C)(COc2ccc(Cc3sc(=O)[nH]c3O)cc2)Oc2c(C)c(C)c(O)c(C)c21. The second kappa shape index (κ2) is 9.08. The molecular formula is C25H28N2O6S. The summed E-state index contributed by atoms with van der Waals surface area (Å²) in [5, 5.41) is 20.3. The lowest BCUT2D eigenvalue weighted by Crippen LogP contribution is -2.41. The van der Waals surface area contributed by atoms with Gasteiger partial charge in [-0.2, -0.15) is 0 Å². The van der Waals surface area contributed by atoms with E-state index in [0.29, 0.717) is 34.1 Å². The Bertz CT molecular complexity index is 1310. The molecule has 8 nitrogen and oxygen atoms in total. The maximum absolute atomic E-state index is 11.4. The average Bonchev–Trinajstić information content (AvgIpc) is 3.12. The highest BCUT2D eigenvalue weighted by atomic mass is 32.1. The summed E-state index contributed by atoms with van der Waals surface area (Å²) < 4.78 is 12.5. The van der Waals surface area contributed by atoms with Crippen LogP contribution in [0.3, 0.4) is 0 Å². The normalized spacial score (nSPS) is 17.0. The van der Waals surface area contributed by atoms with Crippen LogP contribution in [-0.2, 0) is 11.3 Å². The topological polar surface area (TPSA) is 113 Å². The minimum absolute atomic E-state index is 0.0840. The van der Waals surface area contributed by atoms with E-state index >= 15 is 0 Å². The lowest BCUT2D eigenvalue weighted by Gasteiger charge is -2.36. The van der Waals surface area contributed by atoms with Crippen LogP contribution >= 0.6 is 11.3 Å². The van der Waals surface area contributed by atoms with Gasteiger partial charge in [-0.3, -0.25) is 20.1 Å². The fourth-order valence-corrected chi connectivity index (χ4v) is 4.80. The van der Waals surface area contributed by atoms with Gasteiger partial charge in [0.05, 0.1) is 17.7 Å². The van der Waals surface area contributed by atoms with Crippen molar-refractivity contribution in [3.05, 3.63) is 72.7 Å². The van der Waals surface area contributed by atoms with Crippen LogP contribution in [0, 0.1) is 20.8 Å². The van der Waals surface area contributed by atoms with Crippen molar-refractivity contribution in [2.45, 2.75) is 39.7 Å². The molecule has 34 heavy (non-hydrogen) atoms. The van der Waals surface area contributed by atoms with Crippen molar-refractivity contribution >= 4 is 17.0 Å². The third-order valence-corrected chi connectivity index (χ3v) is 6.87. The molecule has 9 heteroatoms. The van der Waals surface area contributed by atoms with Crippen LogP contribution < -0.4 is 19.8 Å². The highest BCUT2D eigenvalue weighted by Gasteiger charge is 2.35. The molecule has 0 radical (unpaired) electrons. The van der Waals surface area contributed by atoms with E-state index in [2.05, 4.69) is 10.5 Å². The Morgan fingerprint density at radius 2 is 1.82 bits per heavy atom. The number of benzene rings is 2. The third-order valence-electron chi connectivity index (χ3n) is 6.00. The number of hydrogen-bond acceptors (Lipinski definition) is 8. The van der Waals surface area contributed by atoms with Gasteiger partial charge in [0.2, 0.25) is 5.88 Å². The van der Waals surface area contributed by atoms with Crippen LogP contribution in [0.15, 0.2) is 35.1 Å². The molecule has 4 N–H and O–H groups in total. The quantitative estimate of drug-likeness (QED) is 0.374. The van der Waals surface area contributed by atoms with E-state index in [1.165, 1.54) is 7.11 Å². The smallest absolute Gasteiger partial charge is 0.307 e. The Hall–Kier alpha value is -3.43. The molecule has 1 aliphatic rings. The molecule has 0 aliphatic carbocycles. The number of H-pyrrole nitrogens is 1. The molecular weight excluding hydrogens is 456 g/mol. The van der Waals surface area contributed by atoms with Gasteiger partial charge in [-0.05, 0) is 62.6 Å². The van der Waals surface area contributed by atoms with Gasteiger partial charge in [0, 0.05) is 17.5 Å². The van der Waals surface area contributed by atoms with Crippen LogP contribution in [-0.4, -0.2) is 34.5 Å². The number of aromatic nitrogens is 1. The van der Waals surface area contributed by atoms with Gasteiger partial charge in [0.25, 0.3) is 0 Å². The van der Waals surface area contributed by atoms with Gasteiger partial charge in [-0.1, -0.05) is 23.5 Å². The highest BCUT2D eigenvalue weighted by molar-refractivity contribution is 7.09. The summed E-state index contributed by atoms with van der Waals surface area (Å²) in [6.45, 7) is 7.79. The van der Waals surface area contributed by atoms with Gasteiger partial charge in [-0.25, -0.2) is 0 Å². The molecule has 0 spiro atoms. The van der Waals surface area contributed by atoms with E-state index in [-0.39, 0.29) is 23.1 Å². The number of aromatic amines is 1. The number of nitrogens with one attached hydrogen (secondary N) is 2. The molecule has 0 fully saturated rings. The molecule has 1 aromatic heterocycles. The minimum Gasteiger partial charge on any atom is -0.507 e. The molecule has 0 bridgehead atoms. The first-order valence-electron chi connectivity index (χ1n) is 10.8. The molecule has 3 aromatic rings. The second-order valence-corrected chi connectivity index (χ2v) is 9.67. The van der Waals surface area contributed by atoms with Gasteiger partial charge >= 0.3 is 4.87 Å². The van der Waals surface area contributed by atoms with Crippen molar-refractivity contribution in [3.8, 4) is 23.1 Å². The molecule has 1 aliphatic heterocycles. The van der Waals surface area contributed by atoms with Crippen molar-refractivity contribution < 1.29 is 24.5 Å². The van der Waals surface area contributed by atoms with Crippen LogP contribution in [0.25, 0.3) is 5.70 Å². The Balaban J connectivity index is 1.54. The maximum atomic E-state index is 11.4. The average molecular weight is 485 g/mol. The molecule has 180 valence electrons. The van der Waals surface area contributed by atoms with Gasteiger partial charge < -0.3 is 19.7 Å². The fourth-order valence-electron chi connectivity index (χ4n) is 4.05. The number of hydrogen-bond donors (Lipinski definition) is 4. The Labute approximate surface area is 201 Å². The monoisotopic (exact) mass is 484 g/mol. The van der Waals surface area contributed by atoms with E-state index in [1.54, 1.807) is 0 Å². The molecule has 1 unspecified atom stereocenters. The van der Waals surface area contributed by atoms with Gasteiger partial charge in [-0.15, -0.1) is 0 Å². The lowest BCUT2D eigenvalue weighted by molar-refractivity contribution is 0.0693. The minimum atomic E-state index is -0.795. The zero-order valence-corrected chi connectivity index (χ0v) is 20.6. The number of rotatable bonds is 7. The molecule has 2 aromatic carbocycles. The van der Waals surface area contributed by atoms with E-state index in [9.17, 15) is 15.0 Å². The first-order valence-corrected chi connectivity index (χ1v) is 11.6. The number of fused-ring (bicyclic) bond motifs is 1. The number of phenols is 1. The number of thiazole rings is 1. The van der Waals surface area contributed by atoms with Crippen molar-refractivity contribution in [1.29, 1.82) is 0 Å². The number of hydroxylamine groups is 1. The molecule has 0 amide bonds. The summed E-state index contributed by atoms with van der Waals surface area (Å²) in [6.07, 6.45) is 2.34. The lowest BCUT2D eigenvalue weighted by atomic mass is 9.90. The molecule has 2 heterocycles. The number of aromatic hydroxyl groups is 2. The predicted molar refractivity (Wildman–Crippen MR) is 131 cm³/mol. The van der Waals surface area contributed by atoms with Crippen molar-refractivity contribution in [2.75, 3.05) is 13.7 Å². The molecule has 0 saturated carbocycles. The zero-order valence-electron chi connectivity index (χ0n) is 19.7. The Kier molecular flexibility index (Phi) is 6.33. The first-order chi connectivity index (χ1) is 16.1. The summed E-state index contributed by atoms with van der Waals surface area (Å²) >= 11 is 0.997. The summed E-state index contributed by atoms with van der Waals surface area (Å²) in [6, 6.07) is 7.48. The summed E-state index contributed by atoms with van der Waals surface area (Å²) in [5.74, 6) is 1.50. The summed E-state index contributed by atoms with van der Waals surface area (Å²) in [7, 11) is 1.54. The second-order valence-electron chi connectivity index (χ2n) is 8.60. The first kappa shape index (κ1) is 23.7. The molecule has 0 saturated heterocycles. The third kappa shape index (κ3) is 4.49. The van der Waals surface area contributed by atoms with Crippen LogP contribution in [0.1, 0.15) is 39.6 Å². The van der Waals surface area contributed by atoms with Gasteiger partial charge in [0.15, 0.2) is 5.60 Å². The molecule has 4 rings (SSSR count). The maximum Gasteiger partial charge on any atom is 0.307 e. The zero-order chi connectivity index (χ0) is 24.6. The number of phenolic OH excluding ortho intramolecular Hbond substituents is 1. The number of ether oxygens (including phenoxy) is 2. The van der Waals surface area contributed by atoms with E-state index in [1.807, 2.05) is 58.0 Å². The van der Waals surface area contributed by atoms with E-state index in [4.69, 9.17) is 14.3 Å². The summed E-state index contributed by atoms with van der Waals surface area (Å²) in [4.78, 5) is 19.3. The van der Waals surface area contributed by atoms with Crippen LogP contribution in [0.4, 0.5) is 0 Å². The van der Waals surface area contributed by atoms with Crippen molar-refractivity contribution in [3.63, 3.8) is 0 Å². The van der Waals surface area contributed by atoms with E-state index < -0.39 is 5.60 Å². The molecule has 1 atom stereocenters. The Morgan fingerprint density at radius 3 is 2.44 bits per heavy atom. The van der Waals surface area contributed by atoms with Crippen LogP contribution in [0.5, 0.6) is 23.1 Å². The highest BCUT2D eigenvalue weighted by Crippen LogP contribution is 2.45. The standard InChI is InChI=1S/C25H28N2O6S/c1-13-14(2)22-20(15(3)21(13)28)18(27-31-5)11-25(4,33-22)12-32-17-8-6-16(7-9-17)10-19-23(29)26-24(30)34-19/h6-9,11,27-29H,10,12H2,1-5H3,(H,26,30). The van der Waals surface area contributed by atoms with Crippen molar-refractivity contribution in [1.82, 2.24) is 10.5 Å². The largest absolute Gasteiger partial charge is 0.507 e. The van der Waals surface area contributed by atoms with Crippen molar-refractivity contribution in [2.24, 2.45) is 0 Å². The summed E-state index contributed by atoms with van der Waals surface area (Å²) in [5.41, 5.74) is 6.87. The Morgan fingerprint density at radius 1 is 1.12 bits per heavy atom. The fraction of sp³-hybridized carbons (Fsp3) is 0.320. The van der Waals surface area contributed by atoms with E-state index in [0.717, 1.165) is 33.6 Å². The predicted octanol–water partition coefficient (Wildman–Crippen LogP) is 4.09. The van der Waals surface area contributed by atoms with Gasteiger partial charge in [0.1, 0.15) is 23.9 Å².